The van der Waals surface area contributed by atoms with Gasteiger partial charge < -0.3 is 4.90 Å². The molecule has 1 unspecified atom stereocenters. The summed E-state index contributed by atoms with van der Waals surface area (Å²) in [6.07, 6.45) is 9.32. The molecule has 0 radical (unpaired) electrons. The Bertz CT molecular complexity index is 190. The molecule has 0 aliphatic carbocycles. The lowest BCUT2D eigenvalue weighted by atomic mass is 10.2. The second kappa shape index (κ2) is 13.5. The zero-order valence-corrected chi connectivity index (χ0v) is 12.9. The predicted molar refractivity (Wildman–Crippen MR) is 81.5 cm³/mol. The predicted octanol–water partition coefficient (Wildman–Crippen LogP) is 5.05. The molecule has 17 heavy (non-hydrogen) atoms. The van der Waals surface area contributed by atoms with Gasteiger partial charge in [0.05, 0.1) is 0 Å². The fraction of sp³-hybridized carbons (Fsp3) is 0.750. The van der Waals surface area contributed by atoms with Crippen LogP contribution in [-0.4, -0.2) is 24.5 Å². The van der Waals surface area contributed by atoms with Gasteiger partial charge in [0.25, 0.3) is 0 Å². The number of hydrogen-bond acceptors (Lipinski definition) is 1. The largest absolute Gasteiger partial charge is 0.300 e. The minimum Gasteiger partial charge on any atom is -0.300 e. The topological polar surface area (TPSA) is 3.24 Å². The Labute approximate surface area is 110 Å². The number of allylic oxidation sites excluding steroid dienone is 2. The van der Waals surface area contributed by atoms with Crippen molar-refractivity contribution in [3.05, 3.63) is 24.3 Å². The number of unbranched alkanes of at least 4 members (excludes halogenated alkanes) is 2. The van der Waals surface area contributed by atoms with Crippen LogP contribution in [-0.2, 0) is 0 Å². The van der Waals surface area contributed by atoms with E-state index in [4.69, 9.17) is 0 Å². The summed E-state index contributed by atoms with van der Waals surface area (Å²) in [5, 5.41) is 0. The molecule has 1 nitrogen and oxygen atoms in total. The Morgan fingerprint density at radius 1 is 1.24 bits per heavy atom. The van der Waals surface area contributed by atoms with Gasteiger partial charge in [-0.2, -0.15) is 0 Å². The standard InChI is InChI=1S/C10H21N.C6H12/c1-5-7-8-9-11(4)10(3)6-2;1-4-5-6(2)3/h6,10H,2,5,7-9H2,1,3-4H3;5H,4H2,1-3H3. The van der Waals surface area contributed by atoms with Gasteiger partial charge in [0, 0.05) is 6.04 Å². The molecule has 0 bridgehead atoms. The molecule has 0 saturated heterocycles. The van der Waals surface area contributed by atoms with Crippen molar-refractivity contribution in [2.24, 2.45) is 0 Å². The average molecular weight is 239 g/mol. The summed E-state index contributed by atoms with van der Waals surface area (Å²) in [4.78, 5) is 2.34. The first-order valence-electron chi connectivity index (χ1n) is 6.95. The summed E-state index contributed by atoms with van der Waals surface area (Å²) in [5.41, 5.74) is 1.41. The van der Waals surface area contributed by atoms with E-state index in [9.17, 15) is 0 Å². The molecule has 0 spiro atoms. The summed E-state index contributed by atoms with van der Waals surface area (Å²) in [5.74, 6) is 0. The molecular formula is C16H33N. The number of likely N-dealkylation sites (N-methyl/N-ethyl adjacent to an activating group) is 1. The van der Waals surface area contributed by atoms with E-state index in [1.54, 1.807) is 0 Å². The van der Waals surface area contributed by atoms with Crippen LogP contribution in [0.2, 0.25) is 0 Å². The fourth-order valence-electron chi connectivity index (χ4n) is 1.40. The number of nitrogens with zero attached hydrogens (tertiary/aromatic N) is 1. The Balaban J connectivity index is 0. The molecule has 0 saturated carbocycles. The maximum Gasteiger partial charge on any atom is 0.0244 e. The molecule has 0 aliphatic heterocycles. The van der Waals surface area contributed by atoms with Gasteiger partial charge in [-0.1, -0.05) is 44.4 Å². The minimum atomic E-state index is 0.520. The highest BCUT2D eigenvalue weighted by atomic mass is 15.1. The minimum absolute atomic E-state index is 0.520. The fourth-order valence-corrected chi connectivity index (χ4v) is 1.40. The second-order valence-corrected chi connectivity index (χ2v) is 4.85. The van der Waals surface area contributed by atoms with E-state index < -0.39 is 0 Å². The molecule has 0 heterocycles. The van der Waals surface area contributed by atoms with Gasteiger partial charge in [-0.25, -0.2) is 0 Å². The van der Waals surface area contributed by atoms with Crippen LogP contribution in [0.5, 0.6) is 0 Å². The zero-order valence-electron chi connectivity index (χ0n) is 12.9. The summed E-state index contributed by atoms with van der Waals surface area (Å²) >= 11 is 0. The molecule has 0 N–H and O–H groups in total. The van der Waals surface area contributed by atoms with Gasteiger partial charge in [-0.05, 0) is 47.2 Å². The van der Waals surface area contributed by atoms with Gasteiger partial charge in [0.1, 0.15) is 0 Å². The van der Waals surface area contributed by atoms with Crippen LogP contribution < -0.4 is 0 Å². The molecule has 0 amide bonds. The highest BCUT2D eigenvalue weighted by molar-refractivity contribution is 4.91. The summed E-state index contributed by atoms with van der Waals surface area (Å²) in [6, 6.07) is 0.520. The van der Waals surface area contributed by atoms with Gasteiger partial charge in [0.15, 0.2) is 0 Å². The van der Waals surface area contributed by atoms with Crippen molar-refractivity contribution >= 4 is 0 Å². The first kappa shape index (κ1) is 18.8. The van der Waals surface area contributed by atoms with E-state index in [0.717, 1.165) is 0 Å². The summed E-state index contributed by atoms with van der Waals surface area (Å²) < 4.78 is 0. The normalized spacial score (nSPS) is 11.5. The molecule has 1 heteroatoms. The molecular weight excluding hydrogens is 206 g/mol. The lowest BCUT2D eigenvalue weighted by molar-refractivity contribution is 0.290. The monoisotopic (exact) mass is 239 g/mol. The van der Waals surface area contributed by atoms with Crippen LogP contribution in [0.25, 0.3) is 0 Å². The van der Waals surface area contributed by atoms with Crippen molar-refractivity contribution in [3.63, 3.8) is 0 Å². The third-order valence-electron chi connectivity index (χ3n) is 2.76. The maximum absolute atomic E-state index is 3.77. The quantitative estimate of drug-likeness (QED) is 0.444. The number of rotatable bonds is 7. The van der Waals surface area contributed by atoms with E-state index in [2.05, 4.69) is 59.2 Å². The van der Waals surface area contributed by atoms with E-state index in [-0.39, 0.29) is 0 Å². The third-order valence-corrected chi connectivity index (χ3v) is 2.76. The molecule has 0 rings (SSSR count). The average Bonchev–Trinajstić information content (AvgIpc) is 2.28. The SMILES string of the molecule is C=CC(C)N(C)CCCCC.CCC=C(C)C. The molecule has 102 valence electrons. The first-order valence-corrected chi connectivity index (χ1v) is 6.95. The van der Waals surface area contributed by atoms with Crippen molar-refractivity contribution in [1.29, 1.82) is 0 Å². The molecule has 0 fully saturated rings. The van der Waals surface area contributed by atoms with Crippen molar-refractivity contribution in [2.75, 3.05) is 13.6 Å². The highest BCUT2D eigenvalue weighted by Gasteiger charge is 2.02. The van der Waals surface area contributed by atoms with E-state index in [1.165, 1.54) is 37.8 Å². The molecule has 0 aliphatic rings. The van der Waals surface area contributed by atoms with Crippen molar-refractivity contribution < 1.29 is 0 Å². The first-order chi connectivity index (χ1) is 7.99. The van der Waals surface area contributed by atoms with Crippen molar-refractivity contribution in [3.8, 4) is 0 Å². The highest BCUT2D eigenvalue weighted by Crippen LogP contribution is 2.00. The smallest absolute Gasteiger partial charge is 0.0244 e. The Hall–Kier alpha value is -0.560. The summed E-state index contributed by atoms with van der Waals surface area (Å²) in [7, 11) is 2.15. The summed E-state index contributed by atoms with van der Waals surface area (Å²) in [6.45, 7) is 15.8. The Morgan fingerprint density at radius 2 is 1.82 bits per heavy atom. The molecule has 1 atom stereocenters. The van der Waals surface area contributed by atoms with Gasteiger partial charge >= 0.3 is 0 Å². The van der Waals surface area contributed by atoms with Crippen LogP contribution >= 0.6 is 0 Å². The van der Waals surface area contributed by atoms with Gasteiger partial charge in [-0.3, -0.25) is 0 Å². The Morgan fingerprint density at radius 3 is 2.12 bits per heavy atom. The van der Waals surface area contributed by atoms with E-state index in [0.29, 0.717) is 6.04 Å². The third kappa shape index (κ3) is 15.4. The number of hydrogen-bond donors (Lipinski definition) is 0. The van der Waals surface area contributed by atoms with Crippen LogP contribution in [0, 0.1) is 0 Å². The zero-order chi connectivity index (χ0) is 13.7. The van der Waals surface area contributed by atoms with Crippen molar-refractivity contribution in [1.82, 2.24) is 4.90 Å². The second-order valence-electron chi connectivity index (χ2n) is 4.85. The van der Waals surface area contributed by atoms with Crippen LogP contribution in [0.1, 0.15) is 60.3 Å². The molecule has 0 aromatic heterocycles. The van der Waals surface area contributed by atoms with Crippen LogP contribution in [0.15, 0.2) is 24.3 Å². The van der Waals surface area contributed by atoms with Gasteiger partial charge in [-0.15, -0.1) is 6.58 Å². The van der Waals surface area contributed by atoms with Crippen LogP contribution in [0.3, 0.4) is 0 Å². The maximum atomic E-state index is 3.77. The van der Waals surface area contributed by atoms with Crippen LogP contribution in [0.4, 0.5) is 0 Å². The molecule has 0 aromatic rings. The lowest BCUT2D eigenvalue weighted by Gasteiger charge is -2.21. The van der Waals surface area contributed by atoms with E-state index in [1.807, 2.05) is 6.08 Å². The lowest BCUT2D eigenvalue weighted by Crippen LogP contribution is -2.27. The van der Waals surface area contributed by atoms with Crippen molar-refractivity contribution in [2.45, 2.75) is 66.3 Å². The van der Waals surface area contributed by atoms with E-state index >= 15 is 0 Å². The molecule has 0 aromatic carbocycles. The van der Waals surface area contributed by atoms with Gasteiger partial charge in [0.2, 0.25) is 0 Å². The Kier molecular flexibility index (Phi) is 14.9.